The maximum atomic E-state index is 10.7. The second kappa shape index (κ2) is 6.94. The summed E-state index contributed by atoms with van der Waals surface area (Å²) in [4.78, 5) is 14.5. The van der Waals surface area contributed by atoms with Crippen LogP contribution in [-0.4, -0.2) is 15.9 Å². The van der Waals surface area contributed by atoms with Crippen molar-refractivity contribution in [1.29, 1.82) is 0 Å². The Kier molecular flexibility index (Phi) is 5.88. The summed E-state index contributed by atoms with van der Waals surface area (Å²) < 4.78 is 0. The van der Waals surface area contributed by atoms with E-state index in [0.29, 0.717) is 10.0 Å². The Labute approximate surface area is 109 Å². The van der Waals surface area contributed by atoms with E-state index < -0.39 is 0 Å². The van der Waals surface area contributed by atoms with Crippen LogP contribution in [-0.2, 0) is 4.79 Å². The summed E-state index contributed by atoms with van der Waals surface area (Å²) in [6.07, 6.45) is 7.71. The minimum absolute atomic E-state index is 0.133. The number of carbonyl (C=O) groups excluding carboxylic acids is 1. The van der Waals surface area contributed by atoms with Crippen LogP contribution >= 0.6 is 35.0 Å². The zero-order valence-corrected chi connectivity index (χ0v) is 11.1. The van der Waals surface area contributed by atoms with Crippen molar-refractivity contribution in [2.75, 3.05) is 5.75 Å². The molecule has 0 fully saturated rings. The third-order valence-corrected chi connectivity index (χ3v) is 3.21. The summed E-state index contributed by atoms with van der Waals surface area (Å²) in [5.41, 5.74) is 0.770. The number of rotatable bonds is 4. The van der Waals surface area contributed by atoms with Crippen molar-refractivity contribution in [3.63, 3.8) is 0 Å². The first-order valence-corrected chi connectivity index (χ1v) is 6.44. The molecule has 0 aliphatic rings. The van der Waals surface area contributed by atoms with Gasteiger partial charge >= 0.3 is 0 Å². The van der Waals surface area contributed by atoms with Crippen molar-refractivity contribution in [3.05, 3.63) is 34.1 Å². The number of hydrogen-bond donors (Lipinski definition) is 0. The zero-order chi connectivity index (χ0) is 12.0. The number of carbonyl (C=O) groups is 1. The molecule has 0 saturated carbocycles. The van der Waals surface area contributed by atoms with Crippen LogP contribution in [0, 0.1) is 0 Å². The molecule has 0 atom stereocenters. The van der Waals surface area contributed by atoms with Gasteiger partial charge in [-0.3, -0.25) is 9.78 Å². The Morgan fingerprint density at radius 1 is 1.44 bits per heavy atom. The van der Waals surface area contributed by atoms with Crippen LogP contribution in [0.15, 0.2) is 18.5 Å². The van der Waals surface area contributed by atoms with Crippen LogP contribution in [0.25, 0.3) is 6.08 Å². The molecule has 0 aliphatic carbocycles. The number of pyridine rings is 1. The molecule has 0 spiro atoms. The molecule has 86 valence electrons. The summed E-state index contributed by atoms with van der Waals surface area (Å²) in [6, 6.07) is 0. The lowest BCUT2D eigenvalue weighted by Gasteiger charge is -1.99. The fraction of sp³-hybridized carbons (Fsp3) is 0.273. The van der Waals surface area contributed by atoms with Crippen LogP contribution < -0.4 is 0 Å². The highest BCUT2D eigenvalue weighted by atomic mass is 35.5. The molecule has 0 unspecified atom stereocenters. The van der Waals surface area contributed by atoms with Gasteiger partial charge in [-0.05, 0) is 6.42 Å². The first-order chi connectivity index (χ1) is 7.61. The van der Waals surface area contributed by atoms with Crippen LogP contribution in [0.3, 0.4) is 0 Å². The fourth-order valence-electron chi connectivity index (χ4n) is 1.05. The van der Waals surface area contributed by atoms with Gasteiger partial charge in [-0.2, -0.15) is 0 Å². The molecule has 1 heterocycles. The Balaban J connectivity index is 2.53. The number of thioether (sulfide) groups is 1. The highest BCUT2D eigenvalue weighted by Gasteiger charge is 2.01. The van der Waals surface area contributed by atoms with Crippen LogP contribution in [0.4, 0.5) is 0 Å². The van der Waals surface area contributed by atoms with Crippen LogP contribution in [0.1, 0.15) is 18.9 Å². The van der Waals surface area contributed by atoms with E-state index >= 15 is 0 Å². The van der Waals surface area contributed by atoms with E-state index in [1.165, 1.54) is 11.8 Å². The number of aromatic nitrogens is 1. The average molecular weight is 276 g/mol. The third-order valence-electron chi connectivity index (χ3n) is 1.76. The van der Waals surface area contributed by atoms with Crippen LogP contribution in [0.2, 0.25) is 10.0 Å². The van der Waals surface area contributed by atoms with Crippen molar-refractivity contribution in [3.8, 4) is 0 Å². The number of halogens is 2. The molecule has 5 heteroatoms. The van der Waals surface area contributed by atoms with Crippen molar-refractivity contribution in [1.82, 2.24) is 4.98 Å². The van der Waals surface area contributed by atoms with Crippen molar-refractivity contribution in [2.24, 2.45) is 0 Å². The molecule has 0 saturated heterocycles. The SMILES string of the molecule is CC(=O)SCCC=Cc1c(Cl)cncc1Cl. The molecule has 0 N–H and O–H groups in total. The summed E-state index contributed by atoms with van der Waals surface area (Å²) in [5, 5.41) is 1.19. The first-order valence-electron chi connectivity index (χ1n) is 4.70. The molecule has 2 nitrogen and oxygen atoms in total. The molecule has 0 aromatic carbocycles. The highest BCUT2D eigenvalue weighted by Crippen LogP contribution is 2.24. The summed E-state index contributed by atoms with van der Waals surface area (Å²) in [6.45, 7) is 1.56. The average Bonchev–Trinajstić information content (AvgIpc) is 2.21. The van der Waals surface area contributed by atoms with E-state index in [9.17, 15) is 4.79 Å². The number of nitrogens with zero attached hydrogens (tertiary/aromatic N) is 1. The Bertz CT molecular complexity index is 387. The summed E-state index contributed by atoms with van der Waals surface area (Å²) in [5.74, 6) is 0.770. The fourth-order valence-corrected chi connectivity index (χ4v) is 2.08. The van der Waals surface area contributed by atoms with Gasteiger partial charge in [0.15, 0.2) is 5.12 Å². The number of hydrogen-bond acceptors (Lipinski definition) is 3. The predicted molar refractivity (Wildman–Crippen MR) is 71.0 cm³/mol. The van der Waals surface area contributed by atoms with E-state index in [-0.39, 0.29) is 5.12 Å². The van der Waals surface area contributed by atoms with Crippen molar-refractivity contribution >= 4 is 46.2 Å². The van der Waals surface area contributed by atoms with E-state index in [1.54, 1.807) is 19.3 Å². The molecular formula is C11H11Cl2NOS. The standard InChI is InChI=1S/C11H11Cl2NOS/c1-8(15)16-5-3-2-4-9-10(12)6-14-7-11(9)13/h2,4,6-7H,3,5H2,1H3. The molecule has 0 bridgehead atoms. The van der Waals surface area contributed by atoms with E-state index in [4.69, 9.17) is 23.2 Å². The van der Waals surface area contributed by atoms with Gasteiger partial charge in [0.25, 0.3) is 0 Å². The molecule has 0 radical (unpaired) electrons. The quantitative estimate of drug-likeness (QED) is 0.776. The number of allylic oxidation sites excluding steroid dienone is 1. The topological polar surface area (TPSA) is 30.0 Å². The van der Waals surface area contributed by atoms with E-state index in [0.717, 1.165) is 17.7 Å². The van der Waals surface area contributed by atoms with Gasteiger partial charge in [0, 0.05) is 30.6 Å². The molecule has 1 aromatic rings. The smallest absolute Gasteiger partial charge is 0.185 e. The summed E-state index contributed by atoms with van der Waals surface area (Å²) in [7, 11) is 0. The second-order valence-corrected chi connectivity index (χ2v) is 5.13. The molecule has 0 aliphatic heterocycles. The van der Waals surface area contributed by atoms with Gasteiger partial charge < -0.3 is 0 Å². The van der Waals surface area contributed by atoms with Gasteiger partial charge in [0.05, 0.1) is 10.0 Å². The minimum atomic E-state index is 0.133. The van der Waals surface area contributed by atoms with E-state index in [2.05, 4.69) is 4.98 Å². The van der Waals surface area contributed by atoms with Crippen molar-refractivity contribution in [2.45, 2.75) is 13.3 Å². The molecular weight excluding hydrogens is 265 g/mol. The van der Waals surface area contributed by atoms with Crippen molar-refractivity contribution < 1.29 is 4.79 Å². The third kappa shape index (κ3) is 4.56. The maximum absolute atomic E-state index is 10.7. The lowest BCUT2D eigenvalue weighted by molar-refractivity contribution is -0.109. The predicted octanol–water partition coefficient (Wildman–Crippen LogP) is 4.07. The van der Waals surface area contributed by atoms with Gasteiger partial charge in [0.2, 0.25) is 0 Å². The maximum Gasteiger partial charge on any atom is 0.185 e. The molecule has 1 rings (SSSR count). The Hall–Kier alpha value is -0.510. The minimum Gasteiger partial charge on any atom is -0.288 e. The highest BCUT2D eigenvalue weighted by molar-refractivity contribution is 8.13. The van der Waals surface area contributed by atoms with Gasteiger partial charge in [0.1, 0.15) is 0 Å². The van der Waals surface area contributed by atoms with Gasteiger partial charge in [-0.1, -0.05) is 47.1 Å². The largest absolute Gasteiger partial charge is 0.288 e. The van der Waals surface area contributed by atoms with Gasteiger partial charge in [-0.25, -0.2) is 0 Å². The molecule has 16 heavy (non-hydrogen) atoms. The van der Waals surface area contributed by atoms with E-state index in [1.807, 2.05) is 12.2 Å². The Morgan fingerprint density at radius 2 is 2.06 bits per heavy atom. The lowest BCUT2D eigenvalue weighted by Crippen LogP contribution is -1.84. The molecule has 0 amide bonds. The van der Waals surface area contributed by atoms with Crippen LogP contribution in [0.5, 0.6) is 0 Å². The second-order valence-electron chi connectivity index (χ2n) is 3.05. The Morgan fingerprint density at radius 3 is 2.62 bits per heavy atom. The summed E-state index contributed by atoms with van der Waals surface area (Å²) >= 11 is 13.2. The lowest BCUT2D eigenvalue weighted by atomic mass is 10.2. The monoisotopic (exact) mass is 275 g/mol. The first kappa shape index (κ1) is 13.6. The zero-order valence-electron chi connectivity index (χ0n) is 8.74. The molecule has 1 aromatic heterocycles. The van der Waals surface area contributed by atoms with Gasteiger partial charge in [-0.15, -0.1) is 0 Å². The normalized spacial score (nSPS) is 10.9.